The largest absolute Gasteiger partial charge is 0.425 e. The van der Waals surface area contributed by atoms with Gasteiger partial charge in [0.25, 0.3) is 10.0 Å². The quantitative estimate of drug-likeness (QED) is 0.246. The van der Waals surface area contributed by atoms with Gasteiger partial charge in [0.05, 0.1) is 15.5 Å². The monoisotopic (exact) mass is 551 g/mol. The summed E-state index contributed by atoms with van der Waals surface area (Å²) >= 11 is 0. The molecule has 0 spiro atoms. The first-order valence-corrected chi connectivity index (χ1v) is 14.4. The maximum absolute atomic E-state index is 13.8. The van der Waals surface area contributed by atoms with E-state index >= 15 is 0 Å². The highest BCUT2D eigenvalue weighted by atomic mass is 32.2. The highest BCUT2D eigenvalue weighted by molar-refractivity contribution is 7.93. The van der Waals surface area contributed by atoms with Crippen LogP contribution in [0, 0.1) is 13.8 Å². The van der Waals surface area contributed by atoms with Crippen molar-refractivity contribution in [1.82, 2.24) is 0 Å². The standard InChI is InChI=1S/C28H25NO7S2/c1-18-9-13-22(14-10-18)37(32,33)27-17-26(24-7-5-6-8-25(24)28(27)36-21(4)31)29(20(3)30)38(34,35)23-15-11-19(2)12-16-23/h5-17H,1-4H3. The number of aryl methyl sites for hydroxylation is 2. The lowest BCUT2D eigenvalue weighted by molar-refractivity contribution is -0.132. The Morgan fingerprint density at radius 3 is 1.71 bits per heavy atom. The molecule has 0 aliphatic carbocycles. The number of sulfonamides is 1. The highest BCUT2D eigenvalue weighted by Gasteiger charge is 2.34. The van der Waals surface area contributed by atoms with Crippen LogP contribution in [0.15, 0.2) is 93.5 Å². The Morgan fingerprint density at radius 2 is 1.21 bits per heavy atom. The molecule has 0 atom stereocenters. The number of hydrogen-bond acceptors (Lipinski definition) is 7. The van der Waals surface area contributed by atoms with Crippen molar-refractivity contribution in [2.75, 3.05) is 4.31 Å². The average Bonchev–Trinajstić information content (AvgIpc) is 2.85. The summed E-state index contributed by atoms with van der Waals surface area (Å²) < 4.78 is 61.1. The summed E-state index contributed by atoms with van der Waals surface area (Å²) in [6.07, 6.45) is 0. The van der Waals surface area contributed by atoms with Crippen molar-refractivity contribution in [2.45, 2.75) is 42.4 Å². The van der Waals surface area contributed by atoms with Gasteiger partial charge in [-0.3, -0.25) is 9.59 Å². The number of carbonyl (C=O) groups excluding carboxylic acids is 2. The van der Waals surface area contributed by atoms with Gasteiger partial charge in [-0.15, -0.1) is 0 Å². The number of hydrogen-bond donors (Lipinski definition) is 0. The zero-order valence-corrected chi connectivity index (χ0v) is 22.8. The van der Waals surface area contributed by atoms with E-state index in [2.05, 4.69) is 0 Å². The van der Waals surface area contributed by atoms with Gasteiger partial charge in [-0.25, -0.2) is 21.1 Å². The van der Waals surface area contributed by atoms with Crippen LogP contribution in [0.25, 0.3) is 10.8 Å². The van der Waals surface area contributed by atoms with E-state index in [1.807, 2.05) is 0 Å². The Kier molecular flexibility index (Phi) is 7.14. The summed E-state index contributed by atoms with van der Waals surface area (Å²) in [5.74, 6) is -1.87. The maximum atomic E-state index is 13.8. The Balaban J connectivity index is 2.11. The number of ether oxygens (including phenoxy) is 1. The Bertz CT molecular complexity index is 1780. The number of carbonyl (C=O) groups is 2. The van der Waals surface area contributed by atoms with Gasteiger partial charge in [0.1, 0.15) is 4.90 Å². The van der Waals surface area contributed by atoms with Crippen LogP contribution < -0.4 is 9.04 Å². The smallest absolute Gasteiger partial charge is 0.308 e. The summed E-state index contributed by atoms with van der Waals surface area (Å²) in [6.45, 7) is 5.81. The van der Waals surface area contributed by atoms with Gasteiger partial charge < -0.3 is 4.74 Å². The molecule has 0 unspecified atom stereocenters. The first kappa shape index (κ1) is 27.0. The minimum atomic E-state index is -4.45. The van der Waals surface area contributed by atoms with Gasteiger partial charge >= 0.3 is 5.97 Å². The summed E-state index contributed by atoms with van der Waals surface area (Å²) in [5, 5.41) is 0.355. The molecule has 0 fully saturated rings. The summed E-state index contributed by atoms with van der Waals surface area (Å²) in [7, 11) is -8.78. The van der Waals surface area contributed by atoms with Gasteiger partial charge in [-0.2, -0.15) is 0 Å². The lowest BCUT2D eigenvalue weighted by Gasteiger charge is -2.25. The van der Waals surface area contributed by atoms with Gasteiger partial charge in [-0.05, 0) is 44.2 Å². The van der Waals surface area contributed by atoms with E-state index in [1.54, 1.807) is 50.2 Å². The van der Waals surface area contributed by atoms with Gasteiger partial charge in [0, 0.05) is 24.6 Å². The molecule has 0 N–H and O–H groups in total. The van der Waals surface area contributed by atoms with Crippen molar-refractivity contribution in [3.05, 3.63) is 90.0 Å². The third-order valence-electron chi connectivity index (χ3n) is 5.87. The Labute approximate surface area is 221 Å². The molecule has 4 aromatic rings. The lowest BCUT2D eigenvalue weighted by Crippen LogP contribution is -2.35. The van der Waals surface area contributed by atoms with E-state index in [1.165, 1.54) is 36.4 Å². The fourth-order valence-corrected chi connectivity index (χ4v) is 6.90. The first-order chi connectivity index (χ1) is 17.8. The minimum Gasteiger partial charge on any atom is -0.425 e. The Hall–Kier alpha value is -4.02. The predicted octanol–water partition coefficient (Wildman–Crippen LogP) is 4.96. The number of anilines is 1. The molecule has 196 valence electrons. The third-order valence-corrected chi connectivity index (χ3v) is 9.45. The topological polar surface area (TPSA) is 115 Å². The molecule has 1 amide bonds. The molecule has 0 saturated heterocycles. The zero-order chi connectivity index (χ0) is 27.8. The summed E-state index contributed by atoms with van der Waals surface area (Å²) in [6, 6.07) is 19.3. The minimum absolute atomic E-state index is 0.0894. The predicted molar refractivity (Wildman–Crippen MR) is 143 cm³/mol. The molecule has 0 aromatic heterocycles. The van der Waals surface area contributed by atoms with Crippen molar-refractivity contribution in [2.24, 2.45) is 0 Å². The van der Waals surface area contributed by atoms with E-state index < -0.39 is 36.6 Å². The number of benzene rings is 4. The molecule has 4 rings (SSSR count). The van der Waals surface area contributed by atoms with E-state index in [0.717, 1.165) is 31.0 Å². The van der Waals surface area contributed by atoms with Crippen LogP contribution in [0.3, 0.4) is 0 Å². The van der Waals surface area contributed by atoms with E-state index in [4.69, 9.17) is 4.74 Å². The second kappa shape index (κ2) is 10.0. The fourth-order valence-electron chi connectivity index (χ4n) is 4.05. The van der Waals surface area contributed by atoms with Crippen LogP contribution >= 0.6 is 0 Å². The van der Waals surface area contributed by atoms with Crippen LogP contribution in [0.2, 0.25) is 0 Å². The number of rotatable bonds is 6. The van der Waals surface area contributed by atoms with Gasteiger partial charge in [-0.1, -0.05) is 59.7 Å². The molecule has 0 radical (unpaired) electrons. The van der Waals surface area contributed by atoms with Gasteiger partial charge in [0.15, 0.2) is 5.75 Å². The normalized spacial score (nSPS) is 11.8. The fraction of sp³-hybridized carbons (Fsp3) is 0.143. The molecule has 38 heavy (non-hydrogen) atoms. The summed E-state index contributed by atoms with van der Waals surface area (Å²) in [5.41, 5.74) is 1.46. The van der Waals surface area contributed by atoms with Gasteiger partial charge in [0.2, 0.25) is 15.7 Å². The molecule has 0 aliphatic heterocycles. The maximum Gasteiger partial charge on any atom is 0.308 e. The second-order valence-electron chi connectivity index (χ2n) is 8.78. The molecule has 0 bridgehead atoms. The lowest BCUT2D eigenvalue weighted by atomic mass is 10.1. The molecule has 0 heterocycles. The van der Waals surface area contributed by atoms with E-state index in [9.17, 15) is 26.4 Å². The SMILES string of the molecule is CC(=O)Oc1c(S(=O)(=O)c2ccc(C)cc2)cc(N(C(C)=O)S(=O)(=O)c2ccc(C)cc2)c2ccccc12. The van der Waals surface area contributed by atoms with Crippen molar-refractivity contribution >= 4 is 48.2 Å². The molecule has 4 aromatic carbocycles. The molecular weight excluding hydrogens is 526 g/mol. The van der Waals surface area contributed by atoms with Crippen molar-refractivity contribution in [3.8, 4) is 5.75 Å². The number of nitrogens with zero attached hydrogens (tertiary/aromatic N) is 1. The van der Waals surface area contributed by atoms with E-state index in [-0.39, 0.29) is 32.0 Å². The van der Waals surface area contributed by atoms with Crippen LogP contribution in [0.4, 0.5) is 5.69 Å². The van der Waals surface area contributed by atoms with Crippen molar-refractivity contribution in [1.29, 1.82) is 0 Å². The highest BCUT2D eigenvalue weighted by Crippen LogP contribution is 2.43. The molecule has 10 heteroatoms. The summed E-state index contributed by atoms with van der Waals surface area (Å²) in [4.78, 5) is 24.3. The molecule has 8 nitrogen and oxygen atoms in total. The van der Waals surface area contributed by atoms with Crippen LogP contribution in [-0.2, 0) is 29.4 Å². The molecular formula is C28H25NO7S2. The zero-order valence-electron chi connectivity index (χ0n) is 21.1. The number of fused-ring (bicyclic) bond motifs is 1. The second-order valence-corrected chi connectivity index (χ2v) is 12.5. The molecule has 0 saturated carbocycles. The average molecular weight is 552 g/mol. The Morgan fingerprint density at radius 1 is 0.711 bits per heavy atom. The van der Waals surface area contributed by atoms with E-state index in [0.29, 0.717) is 4.31 Å². The van der Waals surface area contributed by atoms with Crippen LogP contribution in [0.5, 0.6) is 5.75 Å². The third kappa shape index (κ3) is 4.92. The van der Waals surface area contributed by atoms with Crippen molar-refractivity contribution in [3.63, 3.8) is 0 Å². The van der Waals surface area contributed by atoms with Crippen LogP contribution in [0.1, 0.15) is 25.0 Å². The van der Waals surface area contributed by atoms with Crippen molar-refractivity contribution < 1.29 is 31.2 Å². The van der Waals surface area contributed by atoms with Crippen LogP contribution in [-0.4, -0.2) is 28.7 Å². The number of amides is 1. The first-order valence-electron chi connectivity index (χ1n) is 11.5. The molecule has 0 aliphatic rings. The number of esters is 1. The number of sulfone groups is 1.